The predicted molar refractivity (Wildman–Crippen MR) is 140 cm³/mol. The van der Waals surface area contributed by atoms with E-state index in [0.717, 1.165) is 30.3 Å². The van der Waals surface area contributed by atoms with Gasteiger partial charge in [-0.2, -0.15) is 18.2 Å². The van der Waals surface area contributed by atoms with E-state index in [1.807, 2.05) is 0 Å². The van der Waals surface area contributed by atoms with Gasteiger partial charge < -0.3 is 24.1 Å². The van der Waals surface area contributed by atoms with E-state index in [-0.39, 0.29) is 12.4 Å². The van der Waals surface area contributed by atoms with Gasteiger partial charge in [0.25, 0.3) is 0 Å². The second-order valence-corrected chi connectivity index (χ2v) is 9.29. The van der Waals surface area contributed by atoms with E-state index >= 15 is 0 Å². The number of alkyl halides is 3. The summed E-state index contributed by atoms with van der Waals surface area (Å²) in [6, 6.07) is 6.96. The van der Waals surface area contributed by atoms with Gasteiger partial charge in [-0.25, -0.2) is 19.9 Å². The van der Waals surface area contributed by atoms with Gasteiger partial charge in [-0.1, -0.05) is 24.3 Å². The Kier molecular flexibility index (Phi) is 7.83. The molecule has 0 amide bonds. The zero-order valence-electron chi connectivity index (χ0n) is 22.2. The third-order valence-corrected chi connectivity index (χ3v) is 6.35. The van der Waals surface area contributed by atoms with Crippen molar-refractivity contribution >= 4 is 5.69 Å². The highest BCUT2D eigenvalue weighted by atomic mass is 19.4. The molecule has 1 N–H and O–H groups in total. The van der Waals surface area contributed by atoms with Crippen molar-refractivity contribution in [3.8, 4) is 34.5 Å². The first-order valence-electron chi connectivity index (χ1n) is 12.6. The van der Waals surface area contributed by atoms with Crippen LogP contribution in [0.25, 0.3) is 22.8 Å². The van der Waals surface area contributed by atoms with Crippen molar-refractivity contribution in [2.24, 2.45) is 7.05 Å². The van der Waals surface area contributed by atoms with Gasteiger partial charge in [0, 0.05) is 38.4 Å². The third kappa shape index (κ3) is 5.98. The number of halogens is 3. The zero-order valence-corrected chi connectivity index (χ0v) is 22.2. The van der Waals surface area contributed by atoms with Crippen molar-refractivity contribution in [2.45, 2.75) is 31.5 Å². The zero-order chi connectivity index (χ0) is 28.3. The molecule has 0 spiro atoms. The van der Waals surface area contributed by atoms with Gasteiger partial charge in [-0.3, -0.25) is 0 Å². The van der Waals surface area contributed by atoms with E-state index in [9.17, 15) is 13.2 Å². The van der Waals surface area contributed by atoms with Crippen LogP contribution in [0.4, 0.5) is 18.9 Å². The lowest BCUT2D eigenvalue weighted by Crippen LogP contribution is -2.11. The summed E-state index contributed by atoms with van der Waals surface area (Å²) >= 11 is 0. The molecule has 1 saturated carbocycles. The first-order valence-corrected chi connectivity index (χ1v) is 12.6. The number of nitrogens with zero attached hydrogens (tertiary/aromatic N) is 6. The van der Waals surface area contributed by atoms with Crippen LogP contribution < -0.4 is 14.8 Å². The summed E-state index contributed by atoms with van der Waals surface area (Å²) in [6.45, 7) is 1.14. The number of benzene rings is 1. The van der Waals surface area contributed by atoms with Gasteiger partial charge in [0.2, 0.25) is 11.8 Å². The second-order valence-electron chi connectivity index (χ2n) is 9.29. The number of imidazole rings is 1. The van der Waals surface area contributed by atoms with Gasteiger partial charge >= 0.3 is 6.18 Å². The quantitative estimate of drug-likeness (QED) is 0.259. The lowest BCUT2D eigenvalue weighted by Gasteiger charge is -2.15. The number of aromatic nitrogens is 6. The van der Waals surface area contributed by atoms with Gasteiger partial charge in [0.15, 0.2) is 11.5 Å². The van der Waals surface area contributed by atoms with Gasteiger partial charge in [-0.05, 0) is 18.4 Å². The molecule has 0 aliphatic heterocycles. The highest BCUT2D eigenvalue weighted by molar-refractivity contribution is 5.68. The van der Waals surface area contributed by atoms with E-state index in [0.29, 0.717) is 53.5 Å². The van der Waals surface area contributed by atoms with Crippen LogP contribution >= 0.6 is 0 Å². The fourth-order valence-electron chi connectivity index (χ4n) is 4.19. The van der Waals surface area contributed by atoms with Crippen LogP contribution in [-0.2, 0) is 24.6 Å². The van der Waals surface area contributed by atoms with Crippen molar-refractivity contribution in [1.82, 2.24) is 29.5 Å². The molecular weight excluding hydrogens is 527 g/mol. The lowest BCUT2D eigenvalue weighted by atomic mass is 10.1. The van der Waals surface area contributed by atoms with E-state index in [1.165, 1.54) is 17.9 Å². The summed E-state index contributed by atoms with van der Waals surface area (Å²) in [5, 5.41) is 3.22. The molecule has 1 aromatic carbocycles. The summed E-state index contributed by atoms with van der Waals surface area (Å²) in [5.41, 5.74) is 2.47. The standard InChI is InChI=1S/C27H28F3N7O3/c1-37-13-20(27(28,29)30)35-24(37)18-6-4-16(5-7-18)14-40-25-19(31-10-11-38-2)12-32-23(36-25)21-22(17-8-9-17)33-15-34-26(21)39-3/h4-7,12-13,15,17,31H,8-11,14H2,1-3H3. The predicted octanol–water partition coefficient (Wildman–Crippen LogP) is 4.88. The number of methoxy groups -OCH3 is 2. The number of ether oxygens (including phenoxy) is 3. The molecule has 4 aromatic rings. The molecule has 40 heavy (non-hydrogen) atoms. The first kappa shape index (κ1) is 27.3. The van der Waals surface area contributed by atoms with Gasteiger partial charge in [-0.15, -0.1) is 0 Å². The Morgan fingerprint density at radius 3 is 2.45 bits per heavy atom. The summed E-state index contributed by atoms with van der Waals surface area (Å²) in [5.74, 6) is 1.62. The number of hydrogen-bond acceptors (Lipinski definition) is 9. The highest BCUT2D eigenvalue weighted by Crippen LogP contribution is 2.45. The Bertz CT molecular complexity index is 1470. The van der Waals surface area contributed by atoms with Crippen LogP contribution in [-0.4, -0.2) is 56.9 Å². The SMILES string of the molecule is COCCNc1cnc(-c2c(OC)ncnc2C2CC2)nc1OCc1ccc(-c2nc(C(F)(F)F)cn2C)cc1. The minimum Gasteiger partial charge on any atom is -0.480 e. The summed E-state index contributed by atoms with van der Waals surface area (Å²) < 4.78 is 57.3. The van der Waals surface area contributed by atoms with Crippen molar-refractivity contribution < 1.29 is 27.4 Å². The Labute approximate surface area is 228 Å². The molecule has 0 radical (unpaired) electrons. The average Bonchev–Trinajstić information content (AvgIpc) is 3.72. The maximum Gasteiger partial charge on any atom is 0.434 e. The van der Waals surface area contributed by atoms with E-state index in [4.69, 9.17) is 19.2 Å². The van der Waals surface area contributed by atoms with Crippen LogP contribution in [0.2, 0.25) is 0 Å². The van der Waals surface area contributed by atoms with Gasteiger partial charge in [0.1, 0.15) is 30.0 Å². The van der Waals surface area contributed by atoms with Crippen LogP contribution in [0.15, 0.2) is 43.0 Å². The summed E-state index contributed by atoms with van der Waals surface area (Å²) in [6.07, 6.45) is 1.63. The maximum atomic E-state index is 13.1. The fourth-order valence-corrected chi connectivity index (χ4v) is 4.19. The molecule has 1 aliphatic rings. The summed E-state index contributed by atoms with van der Waals surface area (Å²) in [4.78, 5) is 21.7. The molecule has 1 aliphatic carbocycles. The molecule has 10 nitrogen and oxygen atoms in total. The van der Waals surface area contributed by atoms with Crippen LogP contribution in [0, 0.1) is 0 Å². The van der Waals surface area contributed by atoms with Crippen LogP contribution in [0.1, 0.15) is 35.7 Å². The first-order chi connectivity index (χ1) is 19.3. The Hall–Kier alpha value is -4.26. The van der Waals surface area contributed by atoms with Crippen molar-refractivity contribution in [1.29, 1.82) is 0 Å². The van der Waals surface area contributed by atoms with E-state index in [2.05, 4.69) is 25.3 Å². The highest BCUT2D eigenvalue weighted by Gasteiger charge is 2.34. The molecule has 5 rings (SSSR count). The van der Waals surface area contributed by atoms with Crippen molar-refractivity contribution in [3.63, 3.8) is 0 Å². The third-order valence-electron chi connectivity index (χ3n) is 6.35. The lowest BCUT2D eigenvalue weighted by molar-refractivity contribution is -0.140. The topological polar surface area (TPSA) is 109 Å². The Morgan fingerprint density at radius 2 is 1.80 bits per heavy atom. The largest absolute Gasteiger partial charge is 0.480 e. The monoisotopic (exact) mass is 555 g/mol. The molecular formula is C27H28F3N7O3. The van der Waals surface area contributed by atoms with Crippen molar-refractivity contribution in [2.75, 3.05) is 32.7 Å². The molecule has 3 heterocycles. The molecule has 0 bridgehead atoms. The minimum atomic E-state index is -4.51. The number of aryl methyl sites for hydroxylation is 1. The molecule has 210 valence electrons. The maximum absolute atomic E-state index is 13.1. The average molecular weight is 556 g/mol. The molecule has 0 saturated heterocycles. The molecule has 3 aromatic heterocycles. The molecule has 13 heteroatoms. The second kappa shape index (κ2) is 11.5. The normalized spacial score (nSPS) is 13.3. The van der Waals surface area contributed by atoms with Crippen molar-refractivity contribution in [3.05, 3.63) is 59.9 Å². The van der Waals surface area contributed by atoms with E-state index < -0.39 is 11.9 Å². The number of hydrogen-bond donors (Lipinski definition) is 1. The number of anilines is 1. The van der Waals surface area contributed by atoms with Gasteiger partial charge in [0.05, 0.1) is 25.6 Å². The minimum absolute atomic E-state index is 0.155. The van der Waals surface area contributed by atoms with Crippen LogP contribution in [0.3, 0.4) is 0 Å². The molecule has 0 atom stereocenters. The number of rotatable bonds is 11. The Morgan fingerprint density at radius 1 is 1.02 bits per heavy atom. The fraction of sp³-hybridized carbons (Fsp3) is 0.370. The molecule has 1 fully saturated rings. The van der Waals surface area contributed by atoms with E-state index in [1.54, 1.807) is 44.7 Å². The Balaban J connectivity index is 1.39. The number of nitrogens with one attached hydrogen (secondary N) is 1. The summed E-state index contributed by atoms with van der Waals surface area (Å²) in [7, 11) is 4.68. The molecule has 0 unspecified atom stereocenters. The van der Waals surface area contributed by atoms with Crippen LogP contribution in [0.5, 0.6) is 11.8 Å². The smallest absolute Gasteiger partial charge is 0.434 e.